The van der Waals surface area contributed by atoms with Gasteiger partial charge >= 0.3 is 13.2 Å². The number of nitrogen functional groups attached to an aromatic ring is 1. The summed E-state index contributed by atoms with van der Waals surface area (Å²) in [5.74, 6) is 0.272. The van der Waals surface area contributed by atoms with E-state index in [-0.39, 0.29) is 19.0 Å². The number of carbonyl (C=O) groups excluding carboxylic acids is 1. The van der Waals surface area contributed by atoms with E-state index in [2.05, 4.69) is 10.3 Å². The Labute approximate surface area is 173 Å². The Balaban J connectivity index is 2.30. The van der Waals surface area contributed by atoms with Crippen molar-refractivity contribution in [1.82, 2.24) is 10.3 Å². The molecule has 1 aromatic heterocycles. The Morgan fingerprint density at radius 2 is 1.90 bits per heavy atom. The summed E-state index contributed by atoms with van der Waals surface area (Å²) in [4.78, 5) is 16.2. The second-order valence-electron chi connectivity index (χ2n) is 9.13. The number of hydrogen-bond acceptors (Lipinski definition) is 7. The lowest BCUT2D eigenvalue weighted by Gasteiger charge is -2.32. The normalized spacial score (nSPS) is 18.6. The second kappa shape index (κ2) is 8.34. The van der Waals surface area contributed by atoms with Crippen molar-refractivity contribution < 1.29 is 23.9 Å². The summed E-state index contributed by atoms with van der Waals surface area (Å²) in [6, 6.07) is 1.74. The topological polar surface area (TPSA) is 116 Å². The minimum absolute atomic E-state index is 0.157. The third kappa shape index (κ3) is 5.94. The van der Waals surface area contributed by atoms with Crippen LogP contribution in [0, 0.1) is 0 Å². The van der Waals surface area contributed by atoms with Crippen molar-refractivity contribution in [3.8, 4) is 0 Å². The van der Waals surface area contributed by atoms with Crippen LogP contribution in [0.5, 0.6) is 0 Å². The highest BCUT2D eigenvalue weighted by atomic mass is 16.7. The zero-order chi connectivity index (χ0) is 22.0. The van der Waals surface area contributed by atoms with Gasteiger partial charge in [-0.15, -0.1) is 0 Å². The van der Waals surface area contributed by atoms with Crippen molar-refractivity contribution in [2.24, 2.45) is 0 Å². The number of nitrogens with zero attached hydrogens (tertiary/aromatic N) is 1. The molecule has 1 aliphatic rings. The van der Waals surface area contributed by atoms with Crippen molar-refractivity contribution in [1.29, 1.82) is 0 Å². The average molecular weight is 405 g/mol. The molecule has 0 aromatic carbocycles. The van der Waals surface area contributed by atoms with Crippen LogP contribution in [-0.2, 0) is 20.7 Å². The van der Waals surface area contributed by atoms with Crippen LogP contribution in [0.15, 0.2) is 17.7 Å². The number of anilines is 1. The first kappa shape index (κ1) is 23.2. The summed E-state index contributed by atoms with van der Waals surface area (Å²) in [5, 5.41) is 12.2. The Bertz CT molecular complexity index is 771. The number of aromatic nitrogens is 1. The largest absolute Gasteiger partial charge is 0.492 e. The predicted molar refractivity (Wildman–Crippen MR) is 113 cm³/mol. The summed E-state index contributed by atoms with van der Waals surface area (Å²) in [7, 11) is -0.662. The smallest absolute Gasteiger partial charge is 0.444 e. The molecular formula is C20H32BN3O5. The van der Waals surface area contributed by atoms with E-state index in [0.29, 0.717) is 16.6 Å². The average Bonchev–Trinajstić information content (AvgIpc) is 2.79. The number of carbonyl (C=O) groups is 1. The van der Waals surface area contributed by atoms with Gasteiger partial charge in [-0.3, -0.25) is 0 Å². The first-order chi connectivity index (χ1) is 13.2. The minimum Gasteiger partial charge on any atom is -0.444 e. The predicted octanol–water partition coefficient (Wildman–Crippen LogP) is 2.70. The molecule has 160 valence electrons. The number of pyridine rings is 1. The van der Waals surface area contributed by atoms with Gasteiger partial charge in [0.05, 0.1) is 17.8 Å². The molecule has 0 spiro atoms. The van der Waals surface area contributed by atoms with Crippen LogP contribution in [0.3, 0.4) is 0 Å². The lowest BCUT2D eigenvalue weighted by molar-refractivity contribution is 0.00578. The highest BCUT2D eigenvalue weighted by Crippen LogP contribution is 2.38. The number of aliphatic hydroxyl groups excluding tert-OH is 1. The van der Waals surface area contributed by atoms with Crippen LogP contribution in [0.4, 0.5) is 10.6 Å². The summed E-state index contributed by atoms with van der Waals surface area (Å²) < 4.78 is 17.6. The number of rotatable bonds is 5. The van der Waals surface area contributed by atoms with Gasteiger partial charge in [-0.05, 0) is 65.6 Å². The minimum atomic E-state index is -0.662. The maximum absolute atomic E-state index is 12.1. The number of hydrogen-bond donors (Lipinski definition) is 3. The van der Waals surface area contributed by atoms with Gasteiger partial charge in [-0.25, -0.2) is 9.78 Å². The maximum Gasteiger partial charge on any atom is 0.492 e. The lowest BCUT2D eigenvalue weighted by Crippen LogP contribution is -2.41. The monoisotopic (exact) mass is 405 g/mol. The van der Waals surface area contributed by atoms with E-state index in [9.17, 15) is 9.90 Å². The Morgan fingerprint density at radius 3 is 2.41 bits per heavy atom. The molecule has 1 amide bonds. The van der Waals surface area contributed by atoms with Gasteiger partial charge in [0, 0.05) is 18.3 Å². The molecule has 2 rings (SSSR count). The summed E-state index contributed by atoms with van der Waals surface area (Å²) in [6.45, 7) is 13.2. The van der Waals surface area contributed by atoms with Gasteiger partial charge in [0.25, 0.3) is 0 Å². The van der Waals surface area contributed by atoms with Crippen molar-refractivity contribution in [2.45, 2.75) is 71.9 Å². The van der Waals surface area contributed by atoms with Gasteiger partial charge in [0.2, 0.25) is 0 Å². The molecule has 1 aliphatic heterocycles. The van der Waals surface area contributed by atoms with Crippen molar-refractivity contribution in [3.63, 3.8) is 0 Å². The van der Waals surface area contributed by atoms with Crippen LogP contribution in [-0.4, -0.2) is 46.7 Å². The van der Waals surface area contributed by atoms with Crippen LogP contribution in [0.1, 0.15) is 59.6 Å². The van der Waals surface area contributed by atoms with Crippen LogP contribution < -0.4 is 11.1 Å². The molecule has 1 fully saturated rings. The summed E-state index contributed by atoms with van der Waals surface area (Å²) in [5.41, 5.74) is 6.02. The van der Waals surface area contributed by atoms with Crippen molar-refractivity contribution in [3.05, 3.63) is 28.9 Å². The third-order valence-corrected chi connectivity index (χ3v) is 4.94. The van der Waals surface area contributed by atoms with E-state index in [0.717, 1.165) is 0 Å². The van der Waals surface area contributed by atoms with Crippen LogP contribution >= 0.6 is 0 Å². The fourth-order valence-electron chi connectivity index (χ4n) is 2.64. The van der Waals surface area contributed by atoms with E-state index in [1.54, 1.807) is 33.0 Å². The van der Waals surface area contributed by atoms with E-state index in [1.165, 1.54) is 0 Å². The summed E-state index contributed by atoms with van der Waals surface area (Å²) in [6.07, 6.45) is 2.87. The number of amides is 1. The zero-order valence-corrected chi connectivity index (χ0v) is 18.3. The number of ether oxygens (including phenoxy) is 1. The number of nitrogens with one attached hydrogen (secondary N) is 1. The number of alkyl carbamates (subject to hydrolysis) is 1. The molecule has 0 bridgehead atoms. The molecule has 2 heterocycles. The van der Waals surface area contributed by atoms with Gasteiger partial charge in [-0.2, -0.15) is 0 Å². The van der Waals surface area contributed by atoms with Gasteiger partial charge in [0.1, 0.15) is 11.4 Å². The first-order valence-corrected chi connectivity index (χ1v) is 9.62. The third-order valence-electron chi connectivity index (χ3n) is 4.94. The number of nitrogens with two attached hydrogens (primary N) is 1. The fraction of sp³-hybridized carbons (Fsp3) is 0.600. The van der Waals surface area contributed by atoms with Gasteiger partial charge in [0.15, 0.2) is 0 Å². The molecule has 29 heavy (non-hydrogen) atoms. The first-order valence-electron chi connectivity index (χ1n) is 9.62. The molecule has 1 saturated heterocycles. The molecular weight excluding hydrogens is 373 g/mol. The van der Waals surface area contributed by atoms with Gasteiger partial charge in [-0.1, -0.05) is 6.08 Å². The van der Waals surface area contributed by atoms with Crippen LogP contribution in [0.2, 0.25) is 0 Å². The highest BCUT2D eigenvalue weighted by molar-refractivity contribution is 6.56. The Hall–Kier alpha value is -2.10. The maximum atomic E-state index is 12.1. The standard InChI is InChI=1S/C20H32BN3O5/c1-18(2,3)27-17(26)24-11-15(21-28-19(4,5)20(6,7)29-21)9-13-8-14(12-25)16(22)23-10-13/h8-10,25H,11-12H2,1-7H3,(H2,22,23)(H,24,26). The number of aliphatic hydroxyl groups is 1. The SMILES string of the molecule is CC(C)(C)OC(=O)NCC(=Cc1cnc(N)c(CO)c1)B1OC(C)(C)C(C)(C)O1. The highest BCUT2D eigenvalue weighted by Gasteiger charge is 2.52. The molecule has 1 aromatic rings. The quantitative estimate of drug-likeness (QED) is 0.645. The molecule has 9 heteroatoms. The van der Waals surface area contributed by atoms with Crippen LogP contribution in [0.25, 0.3) is 6.08 Å². The van der Waals surface area contributed by atoms with E-state index in [1.807, 2.05) is 33.8 Å². The Kier molecular flexibility index (Phi) is 6.66. The van der Waals surface area contributed by atoms with Crippen molar-refractivity contribution >= 4 is 25.1 Å². The molecule has 0 radical (unpaired) electrons. The molecule has 0 aliphatic carbocycles. The molecule has 0 atom stereocenters. The molecule has 0 saturated carbocycles. The molecule has 0 unspecified atom stereocenters. The fourth-order valence-corrected chi connectivity index (χ4v) is 2.64. The van der Waals surface area contributed by atoms with Crippen molar-refractivity contribution in [2.75, 3.05) is 12.3 Å². The molecule has 4 N–H and O–H groups in total. The van der Waals surface area contributed by atoms with E-state index < -0.39 is 30.0 Å². The van der Waals surface area contributed by atoms with Gasteiger partial charge < -0.3 is 30.2 Å². The molecule has 8 nitrogen and oxygen atoms in total. The summed E-state index contributed by atoms with van der Waals surface area (Å²) >= 11 is 0. The van der Waals surface area contributed by atoms with E-state index >= 15 is 0 Å². The lowest BCUT2D eigenvalue weighted by atomic mass is 9.77. The zero-order valence-electron chi connectivity index (χ0n) is 18.3. The second-order valence-corrected chi connectivity index (χ2v) is 9.13. The van der Waals surface area contributed by atoms with E-state index in [4.69, 9.17) is 19.8 Å². The Morgan fingerprint density at radius 1 is 1.31 bits per heavy atom.